The Kier molecular flexibility index (Phi) is 10.3. The standard InChI is InChI=1S/C31H31N3O11S2/c1-44-21-8-12-23(13-9-21)46(40,41)33(18-29(36)37)27-17-20(7-16-28(32)35)31(26-6-4-3-5-25(26)27)34(19-30(38)39)47(42,43)24-14-10-22(45-2)11-15-24/h3-6,8-15,17H,7,16,18-19H2,1-2H3,(H2,32,35)(H,36,37)(H,38,39). The number of nitrogens with two attached hydrogens (primary N) is 1. The highest BCUT2D eigenvalue weighted by atomic mass is 32.2. The fraction of sp³-hybridized carbons (Fsp3) is 0.194. The quantitative estimate of drug-likeness (QED) is 0.166. The highest BCUT2D eigenvalue weighted by Crippen LogP contribution is 2.42. The maximum atomic E-state index is 14.1. The van der Waals surface area contributed by atoms with Crippen LogP contribution in [0.25, 0.3) is 10.8 Å². The number of fused-ring (bicyclic) bond motifs is 1. The van der Waals surface area contributed by atoms with Gasteiger partial charge >= 0.3 is 11.9 Å². The van der Waals surface area contributed by atoms with Gasteiger partial charge in [-0.25, -0.2) is 16.8 Å². The molecule has 248 valence electrons. The Morgan fingerprint density at radius 3 is 1.60 bits per heavy atom. The number of rotatable bonds is 15. The number of ether oxygens (including phenoxy) is 2. The molecule has 1 amide bonds. The first kappa shape index (κ1) is 34.5. The van der Waals surface area contributed by atoms with Gasteiger partial charge in [-0.2, -0.15) is 0 Å². The lowest BCUT2D eigenvalue weighted by molar-refractivity contribution is -0.136. The van der Waals surface area contributed by atoms with E-state index in [2.05, 4.69) is 0 Å². The zero-order valence-corrected chi connectivity index (χ0v) is 26.8. The summed E-state index contributed by atoms with van der Waals surface area (Å²) in [4.78, 5) is 35.6. The van der Waals surface area contributed by atoms with E-state index in [1.54, 1.807) is 0 Å². The van der Waals surface area contributed by atoms with Gasteiger partial charge in [-0.3, -0.25) is 23.0 Å². The van der Waals surface area contributed by atoms with Crippen LogP contribution in [0.2, 0.25) is 0 Å². The van der Waals surface area contributed by atoms with E-state index in [9.17, 15) is 41.4 Å². The SMILES string of the molecule is COc1ccc(S(=O)(=O)N(CC(=O)O)c2cc(CCC(N)=O)c(N(CC(=O)O)S(=O)(=O)c3ccc(OC)cc3)c3ccccc23)cc1. The van der Waals surface area contributed by atoms with Gasteiger partial charge in [-0.15, -0.1) is 0 Å². The van der Waals surface area contributed by atoms with E-state index in [4.69, 9.17) is 15.2 Å². The summed E-state index contributed by atoms with van der Waals surface area (Å²) < 4.78 is 67.7. The van der Waals surface area contributed by atoms with Gasteiger partial charge in [0.15, 0.2) is 0 Å². The van der Waals surface area contributed by atoms with Crippen molar-refractivity contribution < 1.29 is 50.9 Å². The third kappa shape index (κ3) is 7.39. The fourth-order valence-electron chi connectivity index (χ4n) is 4.93. The second-order valence-electron chi connectivity index (χ2n) is 10.1. The van der Waals surface area contributed by atoms with Crippen molar-refractivity contribution in [3.8, 4) is 11.5 Å². The molecule has 47 heavy (non-hydrogen) atoms. The molecule has 4 aromatic rings. The first-order valence-corrected chi connectivity index (χ1v) is 16.7. The Morgan fingerprint density at radius 2 is 1.15 bits per heavy atom. The summed E-state index contributed by atoms with van der Waals surface area (Å²) in [6.45, 7) is -2.08. The van der Waals surface area contributed by atoms with E-state index in [1.807, 2.05) is 0 Å². The number of carbonyl (C=O) groups excluding carboxylic acids is 1. The lowest BCUT2D eigenvalue weighted by Crippen LogP contribution is -2.38. The molecular weight excluding hydrogens is 654 g/mol. The van der Waals surface area contributed by atoms with Crippen molar-refractivity contribution in [2.24, 2.45) is 5.73 Å². The first-order chi connectivity index (χ1) is 22.2. The lowest BCUT2D eigenvalue weighted by atomic mass is 9.98. The zero-order valence-electron chi connectivity index (χ0n) is 25.2. The number of nitrogens with zero attached hydrogens (tertiary/aromatic N) is 2. The molecule has 0 saturated carbocycles. The van der Waals surface area contributed by atoms with Crippen molar-refractivity contribution >= 4 is 60.0 Å². The Labute approximate surface area is 270 Å². The van der Waals surface area contributed by atoms with Crippen molar-refractivity contribution in [3.63, 3.8) is 0 Å². The summed E-state index contributed by atoms with van der Waals surface area (Å²) in [5.41, 5.74) is 5.14. The van der Waals surface area contributed by atoms with Crippen LogP contribution in [0, 0.1) is 0 Å². The van der Waals surface area contributed by atoms with Crippen LogP contribution in [0.1, 0.15) is 12.0 Å². The van der Waals surface area contributed by atoms with Gasteiger partial charge in [0, 0.05) is 17.2 Å². The lowest BCUT2D eigenvalue weighted by Gasteiger charge is -2.30. The van der Waals surface area contributed by atoms with Gasteiger partial charge in [0.25, 0.3) is 20.0 Å². The van der Waals surface area contributed by atoms with Gasteiger partial charge in [0.05, 0.1) is 35.4 Å². The molecule has 4 rings (SSSR count). The van der Waals surface area contributed by atoms with Crippen molar-refractivity contribution in [3.05, 3.63) is 84.4 Å². The average Bonchev–Trinajstić information content (AvgIpc) is 3.04. The van der Waals surface area contributed by atoms with Crippen molar-refractivity contribution in [2.45, 2.75) is 22.6 Å². The van der Waals surface area contributed by atoms with Gasteiger partial charge in [0.1, 0.15) is 24.6 Å². The van der Waals surface area contributed by atoms with Crippen molar-refractivity contribution in [1.82, 2.24) is 0 Å². The summed E-state index contributed by atoms with van der Waals surface area (Å²) in [5, 5.41) is 19.8. The number of benzene rings is 4. The van der Waals surface area contributed by atoms with E-state index in [0.29, 0.717) is 20.1 Å². The monoisotopic (exact) mass is 685 g/mol. The minimum atomic E-state index is -4.61. The molecule has 14 nitrogen and oxygen atoms in total. The number of carbonyl (C=O) groups is 3. The Balaban J connectivity index is 2.07. The first-order valence-electron chi connectivity index (χ1n) is 13.8. The number of carboxylic acid groups (broad SMARTS) is 2. The molecule has 0 saturated heterocycles. The number of methoxy groups -OCH3 is 2. The molecule has 0 aliphatic rings. The molecule has 0 heterocycles. The molecule has 0 aliphatic carbocycles. The summed E-state index contributed by atoms with van der Waals surface area (Å²) in [6.07, 6.45) is -0.585. The number of hydrogen-bond acceptors (Lipinski definition) is 9. The second kappa shape index (κ2) is 14.0. The molecule has 4 aromatic carbocycles. The van der Waals surface area contributed by atoms with Crippen LogP contribution in [0.4, 0.5) is 11.4 Å². The van der Waals surface area contributed by atoms with E-state index in [0.717, 1.165) is 0 Å². The summed E-state index contributed by atoms with van der Waals surface area (Å²) >= 11 is 0. The van der Waals surface area contributed by atoms with Crippen LogP contribution in [0.15, 0.2) is 88.7 Å². The van der Waals surface area contributed by atoms with Crippen LogP contribution in [0.5, 0.6) is 11.5 Å². The molecule has 0 unspecified atom stereocenters. The molecule has 4 N–H and O–H groups in total. The largest absolute Gasteiger partial charge is 0.497 e. The van der Waals surface area contributed by atoms with Crippen molar-refractivity contribution in [1.29, 1.82) is 0 Å². The number of carboxylic acids is 2. The van der Waals surface area contributed by atoms with Gasteiger partial charge in [-0.1, -0.05) is 24.3 Å². The fourth-order valence-corrected chi connectivity index (χ4v) is 7.82. The minimum absolute atomic E-state index is 0.0242. The molecule has 0 radical (unpaired) electrons. The van der Waals surface area contributed by atoms with Crippen LogP contribution in [-0.2, 0) is 40.9 Å². The Morgan fingerprint density at radius 1 is 0.702 bits per heavy atom. The van der Waals surface area contributed by atoms with Crippen LogP contribution >= 0.6 is 0 Å². The third-order valence-corrected chi connectivity index (χ3v) is 10.6. The van der Waals surface area contributed by atoms with Gasteiger partial charge in [0.2, 0.25) is 5.91 Å². The number of aliphatic carboxylic acids is 2. The topological polar surface area (TPSA) is 211 Å². The summed E-state index contributed by atoms with van der Waals surface area (Å²) in [7, 11) is -6.41. The van der Waals surface area contributed by atoms with Crippen LogP contribution in [-0.4, -0.2) is 72.2 Å². The molecule has 0 bridgehead atoms. The summed E-state index contributed by atoms with van der Waals surface area (Å²) in [5.74, 6) is -3.08. The number of anilines is 2. The number of aryl methyl sites for hydroxylation is 1. The van der Waals surface area contributed by atoms with Gasteiger partial charge < -0.3 is 25.4 Å². The van der Waals surface area contributed by atoms with E-state index in [1.165, 1.54) is 93.1 Å². The smallest absolute Gasteiger partial charge is 0.324 e. The molecule has 0 fully saturated rings. The summed E-state index contributed by atoms with van der Waals surface area (Å²) in [6, 6.07) is 17.7. The Bertz CT molecular complexity index is 2030. The number of amides is 1. The number of primary amides is 1. The normalized spacial score (nSPS) is 11.5. The van der Waals surface area contributed by atoms with Crippen molar-refractivity contribution in [2.75, 3.05) is 35.9 Å². The molecule has 0 aliphatic heterocycles. The zero-order chi connectivity index (χ0) is 34.5. The third-order valence-electron chi connectivity index (χ3n) is 7.08. The van der Waals surface area contributed by atoms with E-state index < -0.39 is 51.0 Å². The highest BCUT2D eigenvalue weighted by Gasteiger charge is 2.34. The number of hydrogen-bond donors (Lipinski definition) is 3. The van der Waals surface area contributed by atoms with Crippen LogP contribution < -0.4 is 23.8 Å². The van der Waals surface area contributed by atoms with E-state index >= 15 is 0 Å². The number of sulfonamides is 2. The van der Waals surface area contributed by atoms with Gasteiger partial charge in [-0.05, 0) is 66.6 Å². The highest BCUT2D eigenvalue weighted by molar-refractivity contribution is 7.93. The molecule has 0 atom stereocenters. The molecule has 16 heteroatoms. The Hall–Kier alpha value is -5.35. The maximum absolute atomic E-state index is 14.1. The molecular formula is C31H31N3O11S2. The molecule has 0 aromatic heterocycles. The minimum Gasteiger partial charge on any atom is -0.497 e. The second-order valence-corrected chi connectivity index (χ2v) is 13.8. The maximum Gasteiger partial charge on any atom is 0.324 e. The predicted molar refractivity (Wildman–Crippen MR) is 172 cm³/mol. The van der Waals surface area contributed by atoms with E-state index in [-0.39, 0.29) is 50.3 Å². The average molecular weight is 686 g/mol. The van der Waals surface area contributed by atoms with Crippen LogP contribution in [0.3, 0.4) is 0 Å². The predicted octanol–water partition coefficient (Wildman–Crippen LogP) is 2.83. The molecule has 0 spiro atoms.